The van der Waals surface area contributed by atoms with E-state index in [1.54, 1.807) is 4.90 Å². The van der Waals surface area contributed by atoms with Gasteiger partial charge in [-0.05, 0) is 24.1 Å². The summed E-state index contributed by atoms with van der Waals surface area (Å²) in [5, 5.41) is 18.7. The van der Waals surface area contributed by atoms with E-state index >= 15 is 0 Å². The molecule has 0 bridgehead atoms. The predicted molar refractivity (Wildman–Crippen MR) is 79.3 cm³/mol. The summed E-state index contributed by atoms with van der Waals surface area (Å²) in [4.78, 5) is 16.5. The van der Waals surface area contributed by atoms with Crippen LogP contribution in [0, 0.1) is 0 Å². The van der Waals surface area contributed by atoms with E-state index in [0.29, 0.717) is 23.7 Å². The minimum atomic E-state index is -1.60. The highest BCUT2D eigenvalue weighted by molar-refractivity contribution is 6.58. The van der Waals surface area contributed by atoms with Gasteiger partial charge in [0.05, 0.1) is 10.6 Å². The molecule has 0 aromatic heterocycles. The second kappa shape index (κ2) is 6.58. The van der Waals surface area contributed by atoms with E-state index in [-0.39, 0.29) is 11.4 Å². The highest BCUT2D eigenvalue weighted by Gasteiger charge is 2.24. The second-order valence-electron chi connectivity index (χ2n) is 4.84. The van der Waals surface area contributed by atoms with Crippen molar-refractivity contribution in [3.63, 3.8) is 0 Å². The molecule has 0 spiro atoms. The lowest BCUT2D eigenvalue weighted by Crippen LogP contribution is -2.48. The lowest BCUT2D eigenvalue weighted by molar-refractivity contribution is 0.0643. The summed E-state index contributed by atoms with van der Waals surface area (Å²) in [6.07, 6.45) is 0. The first kappa shape index (κ1) is 15.3. The number of carbonyl (C=O) groups excluding carboxylic acids is 1. The Labute approximate surface area is 123 Å². The van der Waals surface area contributed by atoms with Gasteiger partial charge in [-0.15, -0.1) is 0 Å². The zero-order valence-corrected chi connectivity index (χ0v) is 12.2. The summed E-state index contributed by atoms with van der Waals surface area (Å²) in [7, 11) is -1.60. The van der Waals surface area contributed by atoms with Crippen molar-refractivity contribution in [1.29, 1.82) is 0 Å². The zero-order valence-electron chi connectivity index (χ0n) is 11.4. The van der Waals surface area contributed by atoms with Crippen molar-refractivity contribution in [2.75, 3.05) is 32.7 Å². The summed E-state index contributed by atoms with van der Waals surface area (Å²) >= 11 is 6.05. The molecule has 1 aromatic rings. The van der Waals surface area contributed by atoms with Gasteiger partial charge < -0.3 is 19.8 Å². The number of hydrogen-bond donors (Lipinski definition) is 2. The molecule has 1 heterocycles. The molecule has 0 saturated carbocycles. The van der Waals surface area contributed by atoms with Crippen LogP contribution in [-0.4, -0.2) is 65.6 Å². The molecule has 1 aliphatic heterocycles. The van der Waals surface area contributed by atoms with Crippen LogP contribution < -0.4 is 5.46 Å². The van der Waals surface area contributed by atoms with Crippen LogP contribution in [0.5, 0.6) is 0 Å². The SMILES string of the molecule is CCN1CCN(C(=O)c2cc(B(O)O)ccc2Cl)CC1. The van der Waals surface area contributed by atoms with Crippen LogP contribution in [0.3, 0.4) is 0 Å². The molecular weight excluding hydrogens is 278 g/mol. The smallest absolute Gasteiger partial charge is 0.423 e. The Morgan fingerprint density at radius 3 is 2.50 bits per heavy atom. The van der Waals surface area contributed by atoms with E-state index in [1.165, 1.54) is 18.2 Å². The van der Waals surface area contributed by atoms with Gasteiger partial charge in [0, 0.05) is 26.2 Å². The van der Waals surface area contributed by atoms with Gasteiger partial charge in [0.1, 0.15) is 0 Å². The lowest BCUT2D eigenvalue weighted by atomic mass is 9.79. The van der Waals surface area contributed by atoms with E-state index in [4.69, 9.17) is 11.6 Å². The van der Waals surface area contributed by atoms with E-state index in [1.807, 2.05) is 0 Å². The van der Waals surface area contributed by atoms with Gasteiger partial charge in [-0.2, -0.15) is 0 Å². The van der Waals surface area contributed by atoms with Gasteiger partial charge in [0.2, 0.25) is 0 Å². The van der Waals surface area contributed by atoms with Crippen molar-refractivity contribution >= 4 is 30.1 Å². The fourth-order valence-corrected chi connectivity index (χ4v) is 2.50. The zero-order chi connectivity index (χ0) is 14.7. The van der Waals surface area contributed by atoms with Crippen molar-refractivity contribution in [3.05, 3.63) is 28.8 Å². The first-order chi connectivity index (χ1) is 9.52. The Hall–Kier alpha value is -1.08. The van der Waals surface area contributed by atoms with Crippen LogP contribution in [0.4, 0.5) is 0 Å². The molecule has 2 N–H and O–H groups in total. The van der Waals surface area contributed by atoms with Gasteiger partial charge >= 0.3 is 7.12 Å². The van der Waals surface area contributed by atoms with Crippen molar-refractivity contribution in [2.24, 2.45) is 0 Å². The molecule has 1 amide bonds. The first-order valence-corrected chi connectivity index (χ1v) is 7.08. The Kier molecular flexibility index (Phi) is 5.04. The molecule has 7 heteroatoms. The quantitative estimate of drug-likeness (QED) is 0.758. The number of halogens is 1. The van der Waals surface area contributed by atoms with Crippen molar-refractivity contribution in [3.8, 4) is 0 Å². The monoisotopic (exact) mass is 296 g/mol. The third kappa shape index (κ3) is 3.33. The summed E-state index contributed by atoms with van der Waals surface area (Å²) in [6, 6.07) is 4.46. The van der Waals surface area contributed by atoms with Gasteiger partial charge in [-0.3, -0.25) is 4.79 Å². The maximum atomic E-state index is 12.5. The molecular formula is C13H18BClN2O3. The van der Waals surface area contributed by atoms with Crippen LogP contribution in [-0.2, 0) is 0 Å². The largest absolute Gasteiger partial charge is 0.488 e. The molecule has 0 radical (unpaired) electrons. The van der Waals surface area contributed by atoms with Gasteiger partial charge in [0.15, 0.2) is 0 Å². The molecule has 0 unspecified atom stereocenters. The van der Waals surface area contributed by atoms with Crippen molar-refractivity contribution < 1.29 is 14.8 Å². The molecule has 2 rings (SSSR count). The Balaban J connectivity index is 2.15. The van der Waals surface area contributed by atoms with Crippen LogP contribution in [0.15, 0.2) is 18.2 Å². The molecule has 1 saturated heterocycles. The van der Waals surface area contributed by atoms with Crippen molar-refractivity contribution in [1.82, 2.24) is 9.80 Å². The molecule has 1 fully saturated rings. The van der Waals surface area contributed by atoms with Crippen LogP contribution in [0.25, 0.3) is 0 Å². The van der Waals surface area contributed by atoms with E-state index in [0.717, 1.165) is 19.6 Å². The van der Waals surface area contributed by atoms with Crippen LogP contribution in [0.2, 0.25) is 5.02 Å². The molecule has 0 aliphatic carbocycles. The number of nitrogens with zero attached hydrogens (tertiary/aromatic N) is 2. The normalized spacial score (nSPS) is 16.3. The van der Waals surface area contributed by atoms with Gasteiger partial charge in [0.25, 0.3) is 5.91 Å². The predicted octanol–water partition coefficient (Wildman–Crippen LogP) is -0.202. The van der Waals surface area contributed by atoms with Crippen LogP contribution in [0.1, 0.15) is 17.3 Å². The van der Waals surface area contributed by atoms with E-state index in [9.17, 15) is 14.8 Å². The third-order valence-electron chi connectivity index (χ3n) is 3.63. The number of benzene rings is 1. The average molecular weight is 297 g/mol. The summed E-state index contributed by atoms with van der Waals surface area (Å²) in [5.74, 6) is -0.159. The Morgan fingerprint density at radius 1 is 1.30 bits per heavy atom. The third-order valence-corrected chi connectivity index (χ3v) is 3.96. The summed E-state index contributed by atoms with van der Waals surface area (Å²) in [6.45, 7) is 6.10. The number of amides is 1. The number of rotatable bonds is 3. The molecule has 5 nitrogen and oxygen atoms in total. The molecule has 1 aromatic carbocycles. The summed E-state index contributed by atoms with van der Waals surface area (Å²) in [5.41, 5.74) is 0.590. The fourth-order valence-electron chi connectivity index (χ4n) is 2.30. The Morgan fingerprint density at radius 2 is 1.95 bits per heavy atom. The second-order valence-corrected chi connectivity index (χ2v) is 5.25. The average Bonchev–Trinajstić information content (AvgIpc) is 2.47. The highest BCUT2D eigenvalue weighted by atomic mass is 35.5. The topological polar surface area (TPSA) is 64.0 Å². The van der Waals surface area contributed by atoms with Gasteiger partial charge in [-0.1, -0.05) is 24.6 Å². The number of piperazine rings is 1. The number of hydrogen-bond acceptors (Lipinski definition) is 4. The lowest BCUT2D eigenvalue weighted by Gasteiger charge is -2.34. The maximum Gasteiger partial charge on any atom is 0.488 e. The minimum Gasteiger partial charge on any atom is -0.423 e. The molecule has 0 atom stereocenters. The summed E-state index contributed by atoms with van der Waals surface area (Å²) < 4.78 is 0. The fraction of sp³-hybridized carbons (Fsp3) is 0.462. The highest BCUT2D eigenvalue weighted by Crippen LogP contribution is 2.17. The van der Waals surface area contributed by atoms with Crippen LogP contribution >= 0.6 is 11.6 Å². The maximum absolute atomic E-state index is 12.5. The molecule has 108 valence electrons. The van der Waals surface area contributed by atoms with E-state index in [2.05, 4.69) is 11.8 Å². The minimum absolute atomic E-state index is 0.159. The number of carbonyl (C=O) groups is 1. The Bertz CT molecular complexity index is 491. The first-order valence-electron chi connectivity index (χ1n) is 6.70. The van der Waals surface area contributed by atoms with Gasteiger partial charge in [-0.25, -0.2) is 0 Å². The molecule has 1 aliphatic rings. The van der Waals surface area contributed by atoms with E-state index < -0.39 is 7.12 Å². The number of likely N-dealkylation sites (N-methyl/N-ethyl adjacent to an activating group) is 1. The van der Waals surface area contributed by atoms with Crippen molar-refractivity contribution in [2.45, 2.75) is 6.92 Å². The standard InChI is InChI=1S/C13H18BClN2O3/c1-2-16-5-7-17(8-6-16)13(18)11-9-10(14(19)20)3-4-12(11)15/h3-4,9,19-20H,2,5-8H2,1H3. The molecule has 20 heavy (non-hydrogen) atoms.